The first-order chi connectivity index (χ1) is 7.59. The molecule has 0 unspecified atom stereocenters. The van der Waals surface area contributed by atoms with Crippen molar-refractivity contribution in [3.05, 3.63) is 34.3 Å². The maximum atomic E-state index is 6.22. The Kier molecular flexibility index (Phi) is 3.67. The Morgan fingerprint density at radius 3 is 2.50 bits per heavy atom. The minimum atomic E-state index is 0.267. The summed E-state index contributed by atoms with van der Waals surface area (Å²) in [5.41, 5.74) is 7.56. The van der Waals surface area contributed by atoms with E-state index in [0.29, 0.717) is 12.1 Å². The van der Waals surface area contributed by atoms with Gasteiger partial charge < -0.3 is 5.73 Å². The van der Waals surface area contributed by atoms with Crippen molar-refractivity contribution >= 4 is 15.9 Å². The summed E-state index contributed by atoms with van der Waals surface area (Å²) in [5, 5.41) is 0. The zero-order valence-electron chi connectivity index (χ0n) is 9.86. The molecule has 0 aromatic heterocycles. The fourth-order valence-electron chi connectivity index (χ4n) is 2.52. The quantitative estimate of drug-likeness (QED) is 0.904. The number of rotatable bonds is 2. The summed E-state index contributed by atoms with van der Waals surface area (Å²) < 4.78 is 1.12. The van der Waals surface area contributed by atoms with E-state index in [0.717, 1.165) is 17.4 Å². The average molecular weight is 283 g/mol. The topological polar surface area (TPSA) is 29.3 Å². The van der Waals surface area contributed by atoms with E-state index >= 15 is 0 Å². The van der Waals surface area contributed by atoms with Gasteiger partial charge in [0.15, 0.2) is 0 Å². The molecule has 88 valence electrons. The van der Waals surface area contributed by atoms with Gasteiger partial charge in [-0.25, -0.2) is 0 Å². The minimum absolute atomic E-state index is 0.267. The third-order valence-electron chi connectivity index (χ3n) is 3.36. The first kappa shape index (κ1) is 12.1. The van der Waals surface area contributed by atoms with Crippen LogP contribution in [0.15, 0.2) is 28.7 Å². The second-order valence-electron chi connectivity index (χ2n) is 4.78. The first-order valence-corrected chi connectivity index (χ1v) is 6.65. The Labute approximate surface area is 106 Å². The van der Waals surface area contributed by atoms with E-state index < -0.39 is 0 Å². The number of nitrogens with zero attached hydrogens (tertiary/aromatic N) is 1. The molecule has 0 aliphatic carbocycles. The third-order valence-corrected chi connectivity index (χ3v) is 3.89. The summed E-state index contributed by atoms with van der Waals surface area (Å²) in [6.07, 6.45) is 1.10. The van der Waals surface area contributed by atoms with Crippen molar-refractivity contribution < 1.29 is 0 Å². The van der Waals surface area contributed by atoms with Crippen molar-refractivity contribution in [2.24, 2.45) is 5.73 Å². The first-order valence-electron chi connectivity index (χ1n) is 5.86. The standard InChI is InChI=1S/C13H19BrN2/c1-9(2)16-8-7-12(15)13(16)10-3-5-11(14)6-4-10/h3-6,9,12-13H,7-8,15H2,1-2H3/t12-,13+/m0/s1. The van der Waals surface area contributed by atoms with Gasteiger partial charge >= 0.3 is 0 Å². The van der Waals surface area contributed by atoms with E-state index in [-0.39, 0.29) is 6.04 Å². The predicted octanol–water partition coefficient (Wildman–Crippen LogP) is 2.93. The molecule has 0 amide bonds. The Bertz CT molecular complexity index is 347. The summed E-state index contributed by atoms with van der Waals surface area (Å²) in [7, 11) is 0. The van der Waals surface area contributed by atoms with Gasteiger partial charge in [-0.3, -0.25) is 4.90 Å². The molecule has 2 N–H and O–H groups in total. The molecule has 1 saturated heterocycles. The number of likely N-dealkylation sites (tertiary alicyclic amines) is 1. The minimum Gasteiger partial charge on any atom is -0.326 e. The highest BCUT2D eigenvalue weighted by Crippen LogP contribution is 2.33. The smallest absolute Gasteiger partial charge is 0.0502 e. The van der Waals surface area contributed by atoms with Crippen LogP contribution in [0.3, 0.4) is 0 Å². The van der Waals surface area contributed by atoms with Crippen LogP contribution in [-0.4, -0.2) is 23.5 Å². The zero-order chi connectivity index (χ0) is 11.7. The lowest BCUT2D eigenvalue weighted by atomic mass is 10.0. The van der Waals surface area contributed by atoms with E-state index in [9.17, 15) is 0 Å². The van der Waals surface area contributed by atoms with E-state index in [1.165, 1.54) is 5.56 Å². The molecule has 0 bridgehead atoms. The molecule has 1 aromatic carbocycles. The summed E-state index contributed by atoms with van der Waals surface area (Å²) >= 11 is 3.47. The second-order valence-corrected chi connectivity index (χ2v) is 5.70. The molecule has 3 heteroatoms. The van der Waals surface area contributed by atoms with E-state index in [2.05, 4.69) is 58.9 Å². The number of hydrogen-bond donors (Lipinski definition) is 1. The molecule has 16 heavy (non-hydrogen) atoms. The molecule has 0 saturated carbocycles. The highest BCUT2D eigenvalue weighted by atomic mass is 79.9. The number of halogens is 1. The SMILES string of the molecule is CC(C)N1CC[C@H](N)[C@H]1c1ccc(Br)cc1. The average Bonchev–Trinajstić information content (AvgIpc) is 2.62. The highest BCUT2D eigenvalue weighted by molar-refractivity contribution is 9.10. The predicted molar refractivity (Wildman–Crippen MR) is 71.3 cm³/mol. The van der Waals surface area contributed by atoms with Gasteiger partial charge in [0.05, 0.1) is 6.04 Å². The fourth-order valence-corrected chi connectivity index (χ4v) is 2.78. The van der Waals surface area contributed by atoms with Crippen LogP contribution >= 0.6 is 15.9 Å². The highest BCUT2D eigenvalue weighted by Gasteiger charge is 2.33. The molecule has 2 nitrogen and oxygen atoms in total. The third kappa shape index (κ3) is 2.31. The summed E-state index contributed by atoms with van der Waals surface area (Å²) in [5.74, 6) is 0. The van der Waals surface area contributed by atoms with Gasteiger partial charge in [0, 0.05) is 23.1 Å². The van der Waals surface area contributed by atoms with Crippen LogP contribution in [0.2, 0.25) is 0 Å². The van der Waals surface area contributed by atoms with Crippen molar-refractivity contribution in [2.45, 2.75) is 38.4 Å². The van der Waals surface area contributed by atoms with E-state index in [1.54, 1.807) is 0 Å². The maximum absolute atomic E-state index is 6.22. The molecule has 0 spiro atoms. The number of hydrogen-bond acceptors (Lipinski definition) is 2. The van der Waals surface area contributed by atoms with Crippen molar-refractivity contribution in [1.82, 2.24) is 4.90 Å². The largest absolute Gasteiger partial charge is 0.326 e. The molecule has 2 rings (SSSR count). The lowest BCUT2D eigenvalue weighted by molar-refractivity contribution is 0.198. The van der Waals surface area contributed by atoms with E-state index in [1.807, 2.05) is 0 Å². The monoisotopic (exact) mass is 282 g/mol. The maximum Gasteiger partial charge on any atom is 0.0502 e. The van der Waals surface area contributed by atoms with E-state index in [4.69, 9.17) is 5.73 Å². The Hall–Kier alpha value is -0.380. The van der Waals surface area contributed by atoms with Crippen LogP contribution in [0.4, 0.5) is 0 Å². The van der Waals surface area contributed by atoms with Gasteiger partial charge in [0.1, 0.15) is 0 Å². The lowest BCUT2D eigenvalue weighted by Gasteiger charge is -2.30. The lowest BCUT2D eigenvalue weighted by Crippen LogP contribution is -2.35. The summed E-state index contributed by atoms with van der Waals surface area (Å²) in [4.78, 5) is 2.49. The number of nitrogens with two attached hydrogens (primary N) is 1. The summed E-state index contributed by atoms with van der Waals surface area (Å²) in [6, 6.07) is 9.75. The van der Waals surface area contributed by atoms with Gasteiger partial charge in [0.2, 0.25) is 0 Å². The molecule has 1 aromatic rings. The molecule has 1 fully saturated rings. The fraction of sp³-hybridized carbons (Fsp3) is 0.538. The Balaban J connectivity index is 2.26. The summed E-state index contributed by atoms with van der Waals surface area (Å²) in [6.45, 7) is 5.59. The van der Waals surface area contributed by atoms with Gasteiger partial charge in [-0.2, -0.15) is 0 Å². The molecule has 1 heterocycles. The van der Waals surface area contributed by atoms with Crippen molar-refractivity contribution in [3.8, 4) is 0 Å². The van der Waals surface area contributed by atoms with Crippen molar-refractivity contribution in [2.75, 3.05) is 6.54 Å². The molecule has 0 radical (unpaired) electrons. The van der Waals surface area contributed by atoms with Crippen LogP contribution in [0.5, 0.6) is 0 Å². The van der Waals surface area contributed by atoms with Crippen molar-refractivity contribution in [3.63, 3.8) is 0 Å². The second kappa shape index (κ2) is 4.86. The van der Waals surface area contributed by atoms with Crippen LogP contribution in [-0.2, 0) is 0 Å². The van der Waals surface area contributed by atoms with Gasteiger partial charge in [-0.05, 0) is 38.0 Å². The van der Waals surface area contributed by atoms with Gasteiger partial charge in [-0.15, -0.1) is 0 Å². The Morgan fingerprint density at radius 1 is 1.31 bits per heavy atom. The van der Waals surface area contributed by atoms with Crippen LogP contribution in [0.25, 0.3) is 0 Å². The van der Waals surface area contributed by atoms with Crippen LogP contribution in [0, 0.1) is 0 Å². The molecular weight excluding hydrogens is 264 g/mol. The molecular formula is C13H19BrN2. The zero-order valence-corrected chi connectivity index (χ0v) is 11.4. The van der Waals surface area contributed by atoms with Crippen LogP contribution < -0.4 is 5.73 Å². The Morgan fingerprint density at radius 2 is 1.94 bits per heavy atom. The molecule has 2 atom stereocenters. The van der Waals surface area contributed by atoms with Crippen LogP contribution in [0.1, 0.15) is 31.9 Å². The molecule has 1 aliphatic heterocycles. The van der Waals surface area contributed by atoms with Gasteiger partial charge in [-0.1, -0.05) is 28.1 Å². The normalized spacial score (nSPS) is 26.6. The number of benzene rings is 1. The van der Waals surface area contributed by atoms with Gasteiger partial charge in [0.25, 0.3) is 0 Å². The molecule has 1 aliphatic rings. The van der Waals surface area contributed by atoms with Crippen molar-refractivity contribution in [1.29, 1.82) is 0 Å².